The fraction of sp³-hybridized carbons (Fsp3) is 0.800. The Morgan fingerprint density at radius 2 is 2.30 bits per heavy atom. The molecule has 20 heavy (non-hydrogen) atoms. The summed E-state index contributed by atoms with van der Waals surface area (Å²) >= 11 is 1.86. The summed E-state index contributed by atoms with van der Waals surface area (Å²) in [5.74, 6) is 0.483. The number of nitrogens with zero attached hydrogens (tertiary/aromatic N) is 2. The van der Waals surface area contributed by atoms with Crippen LogP contribution in [0.5, 0.6) is 0 Å². The van der Waals surface area contributed by atoms with Crippen LogP contribution >= 0.6 is 11.3 Å². The van der Waals surface area contributed by atoms with E-state index in [0.29, 0.717) is 12.0 Å². The Kier molecular flexibility index (Phi) is 5.81. The van der Waals surface area contributed by atoms with Crippen LogP contribution in [-0.2, 0) is 11.3 Å². The van der Waals surface area contributed by atoms with E-state index in [0.717, 1.165) is 26.2 Å². The Bertz CT molecular complexity index is 419. The summed E-state index contributed by atoms with van der Waals surface area (Å²) in [5, 5.41) is 4.65. The molecule has 1 N–H and O–H groups in total. The van der Waals surface area contributed by atoms with Gasteiger partial charge in [0.2, 0.25) is 0 Å². The lowest BCUT2D eigenvalue weighted by atomic mass is 10.1. The first-order chi connectivity index (χ1) is 9.63. The molecule has 0 spiro atoms. The van der Waals surface area contributed by atoms with Gasteiger partial charge in [-0.05, 0) is 25.7 Å². The lowest BCUT2D eigenvalue weighted by molar-refractivity contribution is 0.199. The van der Waals surface area contributed by atoms with E-state index in [1.54, 1.807) is 7.11 Å². The number of aromatic nitrogens is 1. The minimum absolute atomic E-state index is 0.483. The van der Waals surface area contributed by atoms with Crippen LogP contribution in [0, 0.1) is 0 Å². The summed E-state index contributed by atoms with van der Waals surface area (Å²) in [7, 11) is 1.74. The van der Waals surface area contributed by atoms with E-state index < -0.39 is 0 Å². The molecule has 1 aliphatic heterocycles. The van der Waals surface area contributed by atoms with Crippen LogP contribution in [0.3, 0.4) is 0 Å². The average molecular weight is 297 g/mol. The van der Waals surface area contributed by atoms with Crippen molar-refractivity contribution in [3.05, 3.63) is 10.6 Å². The molecule has 1 atom stereocenters. The van der Waals surface area contributed by atoms with Gasteiger partial charge in [-0.25, -0.2) is 4.98 Å². The summed E-state index contributed by atoms with van der Waals surface area (Å²) in [5.41, 5.74) is 1.26. The van der Waals surface area contributed by atoms with E-state index in [9.17, 15) is 0 Å². The molecule has 0 radical (unpaired) electrons. The van der Waals surface area contributed by atoms with Gasteiger partial charge in [0.05, 0.1) is 12.3 Å². The molecule has 0 aromatic carbocycles. The number of anilines is 1. The van der Waals surface area contributed by atoms with Gasteiger partial charge >= 0.3 is 0 Å². The molecule has 5 heteroatoms. The van der Waals surface area contributed by atoms with Crippen molar-refractivity contribution in [2.24, 2.45) is 0 Å². The Balaban J connectivity index is 2.07. The minimum atomic E-state index is 0.483. The van der Waals surface area contributed by atoms with Crippen LogP contribution in [0.2, 0.25) is 0 Å². The number of rotatable bonds is 7. The highest BCUT2D eigenvalue weighted by molar-refractivity contribution is 7.15. The molecule has 2 heterocycles. The minimum Gasteiger partial charge on any atom is -0.383 e. The smallest absolute Gasteiger partial charge is 0.186 e. The van der Waals surface area contributed by atoms with E-state index in [4.69, 9.17) is 9.72 Å². The molecule has 1 unspecified atom stereocenters. The summed E-state index contributed by atoms with van der Waals surface area (Å²) in [4.78, 5) is 8.76. The molecular weight excluding hydrogens is 270 g/mol. The molecule has 1 aromatic rings. The zero-order valence-electron chi connectivity index (χ0n) is 13.1. The maximum atomic E-state index is 5.08. The molecule has 0 aliphatic carbocycles. The van der Waals surface area contributed by atoms with Crippen molar-refractivity contribution in [2.75, 3.05) is 31.7 Å². The van der Waals surface area contributed by atoms with Crippen LogP contribution < -0.4 is 10.2 Å². The first kappa shape index (κ1) is 15.7. The third kappa shape index (κ3) is 3.71. The van der Waals surface area contributed by atoms with Gasteiger partial charge in [0.25, 0.3) is 0 Å². The summed E-state index contributed by atoms with van der Waals surface area (Å²) in [6.07, 6.45) is 2.58. The molecule has 1 aromatic heterocycles. The van der Waals surface area contributed by atoms with Crippen LogP contribution in [0.15, 0.2) is 0 Å². The number of hydrogen-bond donors (Lipinski definition) is 1. The molecule has 1 fully saturated rings. The van der Waals surface area contributed by atoms with E-state index in [1.807, 2.05) is 11.3 Å². The number of nitrogens with one attached hydrogen (secondary N) is 1. The van der Waals surface area contributed by atoms with Gasteiger partial charge in [0.1, 0.15) is 0 Å². The van der Waals surface area contributed by atoms with Gasteiger partial charge < -0.3 is 15.0 Å². The van der Waals surface area contributed by atoms with Crippen LogP contribution in [0.25, 0.3) is 0 Å². The standard InChI is InChI=1S/C15H27N3OS/c1-11(2)14-13(10-16-7-9-19-4)20-15(17-14)18-8-5-6-12(18)3/h11-12,16H,5-10H2,1-4H3. The zero-order chi connectivity index (χ0) is 14.5. The van der Waals surface area contributed by atoms with Gasteiger partial charge in [-0.2, -0.15) is 0 Å². The molecule has 0 amide bonds. The second-order valence-corrected chi connectivity index (χ2v) is 6.88. The molecular formula is C15H27N3OS. The van der Waals surface area contributed by atoms with Crippen LogP contribution in [0.4, 0.5) is 5.13 Å². The molecule has 114 valence electrons. The highest BCUT2D eigenvalue weighted by Gasteiger charge is 2.25. The second kappa shape index (κ2) is 7.38. The lowest BCUT2D eigenvalue weighted by Gasteiger charge is -2.19. The predicted octanol–water partition coefficient (Wildman–Crippen LogP) is 2.99. The van der Waals surface area contributed by atoms with Gasteiger partial charge in [0, 0.05) is 37.7 Å². The van der Waals surface area contributed by atoms with E-state index in [2.05, 4.69) is 31.0 Å². The first-order valence-corrected chi connectivity index (χ1v) is 8.41. The number of thiazole rings is 1. The second-order valence-electron chi connectivity index (χ2n) is 5.81. The van der Waals surface area contributed by atoms with Gasteiger partial charge in [0.15, 0.2) is 5.13 Å². The zero-order valence-corrected chi connectivity index (χ0v) is 13.9. The normalized spacial score (nSPS) is 19.2. The van der Waals surface area contributed by atoms with Gasteiger partial charge in [-0.3, -0.25) is 0 Å². The summed E-state index contributed by atoms with van der Waals surface area (Å²) in [6.45, 7) is 10.5. The van der Waals surface area contributed by atoms with E-state index in [-0.39, 0.29) is 0 Å². The Morgan fingerprint density at radius 3 is 2.90 bits per heavy atom. The van der Waals surface area contributed by atoms with Crippen molar-refractivity contribution >= 4 is 16.5 Å². The molecule has 4 nitrogen and oxygen atoms in total. The number of ether oxygens (including phenoxy) is 1. The van der Waals surface area contributed by atoms with E-state index >= 15 is 0 Å². The maximum Gasteiger partial charge on any atom is 0.186 e. The van der Waals surface area contributed by atoms with Crippen LogP contribution in [0.1, 0.15) is 50.1 Å². The van der Waals surface area contributed by atoms with Gasteiger partial charge in [-0.15, -0.1) is 11.3 Å². The van der Waals surface area contributed by atoms with Crippen molar-refractivity contribution in [2.45, 2.75) is 52.1 Å². The third-order valence-corrected chi connectivity index (χ3v) is 4.94. The Hall–Kier alpha value is -0.650. The quantitative estimate of drug-likeness (QED) is 0.785. The maximum absolute atomic E-state index is 5.08. The van der Waals surface area contributed by atoms with E-state index in [1.165, 1.54) is 28.5 Å². The fourth-order valence-corrected chi connectivity index (χ4v) is 3.96. The monoisotopic (exact) mass is 297 g/mol. The summed E-state index contributed by atoms with van der Waals surface area (Å²) < 4.78 is 5.08. The van der Waals surface area contributed by atoms with Crippen molar-refractivity contribution in [3.63, 3.8) is 0 Å². The van der Waals surface area contributed by atoms with Crippen molar-refractivity contribution in [3.8, 4) is 0 Å². The van der Waals surface area contributed by atoms with Crippen molar-refractivity contribution < 1.29 is 4.74 Å². The van der Waals surface area contributed by atoms with Crippen molar-refractivity contribution in [1.82, 2.24) is 10.3 Å². The Labute approximate surface area is 126 Å². The molecule has 0 saturated carbocycles. The molecule has 1 saturated heterocycles. The van der Waals surface area contributed by atoms with Gasteiger partial charge in [-0.1, -0.05) is 13.8 Å². The largest absolute Gasteiger partial charge is 0.383 e. The van der Waals surface area contributed by atoms with Crippen LogP contribution in [-0.4, -0.2) is 37.8 Å². The average Bonchev–Trinajstić information content (AvgIpc) is 3.00. The van der Waals surface area contributed by atoms with Crippen molar-refractivity contribution in [1.29, 1.82) is 0 Å². The number of methoxy groups -OCH3 is 1. The molecule has 0 bridgehead atoms. The third-order valence-electron chi connectivity index (χ3n) is 3.83. The predicted molar refractivity (Wildman–Crippen MR) is 85.8 cm³/mol. The molecule has 2 rings (SSSR count). The highest BCUT2D eigenvalue weighted by Crippen LogP contribution is 2.34. The number of hydrogen-bond acceptors (Lipinski definition) is 5. The fourth-order valence-electron chi connectivity index (χ4n) is 2.64. The summed E-state index contributed by atoms with van der Waals surface area (Å²) in [6, 6.07) is 0.635. The lowest BCUT2D eigenvalue weighted by Crippen LogP contribution is -2.26. The molecule has 1 aliphatic rings. The Morgan fingerprint density at radius 1 is 1.50 bits per heavy atom. The highest BCUT2D eigenvalue weighted by atomic mass is 32.1. The SMILES string of the molecule is COCCNCc1sc(N2CCCC2C)nc1C(C)C. The topological polar surface area (TPSA) is 37.4 Å². The first-order valence-electron chi connectivity index (χ1n) is 7.59.